The Bertz CT molecular complexity index is 1520. The SMILES string of the molecule is Cc1nc2n3c(c(-c4cncc(C#N)c4)cc-2c(=N[C@H](C)c2cccc(C(F)(F)F)c2)n1)NCC3. The Hall–Kier alpha value is -4.26. The number of benzene rings is 1. The van der Waals surface area contributed by atoms with Gasteiger partial charge in [0, 0.05) is 36.6 Å². The standard InChI is InChI=1S/C25H20F3N7/c1-14(17-4-3-5-19(9-17)25(26,27)28)32-22-21-10-20(18-8-16(11-29)12-30-13-18)23-31-6-7-35(23)24(21)34-15(2)33-22/h3-5,8-10,12-14,31H,6-7H2,1-2H3/t14-/m1/s1. The summed E-state index contributed by atoms with van der Waals surface area (Å²) >= 11 is 0. The minimum absolute atomic E-state index is 0.394. The number of hydrogen-bond donors (Lipinski definition) is 1. The Morgan fingerprint density at radius 2 is 1.97 bits per heavy atom. The maximum Gasteiger partial charge on any atom is 0.416 e. The van der Waals surface area contributed by atoms with Crippen LogP contribution in [-0.2, 0) is 12.7 Å². The first-order valence-corrected chi connectivity index (χ1v) is 11.0. The van der Waals surface area contributed by atoms with E-state index in [-0.39, 0.29) is 0 Å². The van der Waals surface area contributed by atoms with Crippen molar-refractivity contribution in [2.24, 2.45) is 4.99 Å². The highest BCUT2D eigenvalue weighted by Gasteiger charge is 2.31. The number of aromatic nitrogens is 4. The summed E-state index contributed by atoms with van der Waals surface area (Å²) in [5.41, 5.74) is 2.78. The average molecular weight is 475 g/mol. The fourth-order valence-electron chi connectivity index (χ4n) is 4.24. The van der Waals surface area contributed by atoms with E-state index in [0.29, 0.717) is 46.9 Å². The van der Waals surface area contributed by atoms with Crippen LogP contribution in [0, 0.1) is 18.3 Å². The van der Waals surface area contributed by atoms with Crippen molar-refractivity contribution in [1.29, 1.82) is 5.26 Å². The number of hydrogen-bond acceptors (Lipinski definition) is 6. The number of halogens is 3. The fourth-order valence-corrected chi connectivity index (χ4v) is 4.24. The number of nitrogens with zero attached hydrogens (tertiary/aromatic N) is 6. The molecule has 35 heavy (non-hydrogen) atoms. The van der Waals surface area contributed by atoms with Gasteiger partial charge in [-0.2, -0.15) is 18.4 Å². The van der Waals surface area contributed by atoms with E-state index in [9.17, 15) is 18.4 Å². The van der Waals surface area contributed by atoms with Crippen LogP contribution in [0.15, 0.2) is 53.8 Å². The molecule has 0 bridgehead atoms. The predicted octanol–water partition coefficient (Wildman–Crippen LogP) is 4.73. The number of aryl methyl sites for hydroxylation is 1. The van der Waals surface area contributed by atoms with Crippen LogP contribution in [0.25, 0.3) is 22.5 Å². The van der Waals surface area contributed by atoms with Gasteiger partial charge in [-0.05, 0) is 43.7 Å². The first kappa shape index (κ1) is 22.5. The third kappa shape index (κ3) is 4.21. The number of alkyl halides is 3. The summed E-state index contributed by atoms with van der Waals surface area (Å²) in [5.74, 6) is 2.04. The third-order valence-electron chi connectivity index (χ3n) is 5.91. The Morgan fingerprint density at radius 3 is 2.74 bits per heavy atom. The summed E-state index contributed by atoms with van der Waals surface area (Å²) in [6, 6.07) is 10.4. The van der Waals surface area contributed by atoms with Crippen molar-refractivity contribution in [3.63, 3.8) is 0 Å². The summed E-state index contributed by atoms with van der Waals surface area (Å²) < 4.78 is 41.7. The van der Waals surface area contributed by atoms with Crippen molar-refractivity contribution in [1.82, 2.24) is 19.5 Å². The van der Waals surface area contributed by atoms with Gasteiger partial charge in [-0.3, -0.25) is 9.98 Å². The lowest BCUT2D eigenvalue weighted by Crippen LogP contribution is -2.21. The Morgan fingerprint density at radius 1 is 1.14 bits per heavy atom. The van der Waals surface area contributed by atoms with Crippen molar-refractivity contribution in [2.45, 2.75) is 32.6 Å². The molecule has 1 aromatic carbocycles. The van der Waals surface area contributed by atoms with Crippen LogP contribution in [0.3, 0.4) is 0 Å². The molecule has 0 aliphatic carbocycles. The third-order valence-corrected chi connectivity index (χ3v) is 5.91. The Balaban J connectivity index is 1.71. The molecule has 2 aromatic rings. The van der Waals surface area contributed by atoms with Gasteiger partial charge in [0.15, 0.2) is 5.49 Å². The lowest BCUT2D eigenvalue weighted by Gasteiger charge is -2.18. The summed E-state index contributed by atoms with van der Waals surface area (Å²) in [6.45, 7) is 4.87. The van der Waals surface area contributed by atoms with Gasteiger partial charge in [0.25, 0.3) is 0 Å². The lowest BCUT2D eigenvalue weighted by atomic mass is 10.0. The second-order valence-electron chi connectivity index (χ2n) is 8.32. The van der Waals surface area contributed by atoms with Gasteiger partial charge in [-0.1, -0.05) is 12.1 Å². The van der Waals surface area contributed by atoms with E-state index in [0.717, 1.165) is 29.1 Å². The molecule has 1 atom stereocenters. The summed E-state index contributed by atoms with van der Waals surface area (Å²) in [7, 11) is 0. The molecule has 0 fully saturated rings. The highest BCUT2D eigenvalue weighted by Crippen LogP contribution is 2.36. The van der Waals surface area contributed by atoms with Gasteiger partial charge < -0.3 is 9.88 Å². The van der Waals surface area contributed by atoms with Crippen LogP contribution in [0.1, 0.15) is 35.5 Å². The monoisotopic (exact) mass is 475 g/mol. The zero-order valence-electron chi connectivity index (χ0n) is 18.9. The molecule has 1 N–H and O–H groups in total. The summed E-state index contributed by atoms with van der Waals surface area (Å²) in [6.07, 6.45) is -1.26. The molecular formula is C25H20F3N7. The zero-order chi connectivity index (χ0) is 24.7. The maximum atomic E-state index is 13.2. The van der Waals surface area contributed by atoms with Crippen molar-refractivity contribution in [3.05, 3.63) is 76.8 Å². The van der Waals surface area contributed by atoms with Crippen LogP contribution in [-0.4, -0.2) is 26.1 Å². The maximum absolute atomic E-state index is 13.2. The van der Waals surface area contributed by atoms with E-state index in [4.69, 9.17) is 4.99 Å². The molecule has 0 saturated carbocycles. The van der Waals surface area contributed by atoms with Crippen LogP contribution in [0.5, 0.6) is 0 Å². The van der Waals surface area contributed by atoms with Crippen LogP contribution in [0.2, 0.25) is 0 Å². The molecule has 0 unspecified atom stereocenters. The van der Waals surface area contributed by atoms with E-state index in [1.165, 1.54) is 12.3 Å². The van der Waals surface area contributed by atoms with Crippen molar-refractivity contribution >= 4 is 5.82 Å². The fraction of sp³-hybridized carbons (Fsp3) is 0.240. The minimum Gasteiger partial charge on any atom is -0.369 e. The summed E-state index contributed by atoms with van der Waals surface area (Å²) in [5, 5.41) is 12.7. The molecule has 7 nitrogen and oxygen atoms in total. The molecule has 0 spiro atoms. The second-order valence-corrected chi connectivity index (χ2v) is 8.32. The molecule has 0 amide bonds. The molecule has 3 aliphatic rings. The predicted molar refractivity (Wildman–Crippen MR) is 123 cm³/mol. The normalized spacial score (nSPS) is 14.5. The molecule has 1 aromatic heterocycles. The highest BCUT2D eigenvalue weighted by molar-refractivity contribution is 5.82. The first-order chi connectivity index (χ1) is 16.7. The number of nitriles is 1. The van der Waals surface area contributed by atoms with Gasteiger partial charge in [0.2, 0.25) is 0 Å². The zero-order valence-corrected chi connectivity index (χ0v) is 18.9. The van der Waals surface area contributed by atoms with E-state index >= 15 is 0 Å². The quantitative estimate of drug-likeness (QED) is 0.463. The Labute approximate surface area is 199 Å². The van der Waals surface area contributed by atoms with E-state index in [1.54, 1.807) is 32.2 Å². The van der Waals surface area contributed by atoms with Gasteiger partial charge in [0.1, 0.15) is 23.5 Å². The van der Waals surface area contributed by atoms with E-state index < -0.39 is 17.8 Å². The molecule has 176 valence electrons. The number of pyridine rings is 2. The number of rotatable bonds is 3. The minimum atomic E-state index is -4.43. The highest BCUT2D eigenvalue weighted by atomic mass is 19.4. The summed E-state index contributed by atoms with van der Waals surface area (Å²) in [4.78, 5) is 18.1. The number of anilines is 1. The number of fused-ring (bicyclic) bond motifs is 3. The smallest absolute Gasteiger partial charge is 0.369 e. The first-order valence-electron chi connectivity index (χ1n) is 11.0. The molecular weight excluding hydrogens is 455 g/mol. The van der Waals surface area contributed by atoms with Gasteiger partial charge in [-0.15, -0.1) is 0 Å². The largest absolute Gasteiger partial charge is 0.416 e. The topological polar surface area (TPSA) is 91.8 Å². The van der Waals surface area contributed by atoms with Crippen molar-refractivity contribution in [2.75, 3.05) is 11.9 Å². The van der Waals surface area contributed by atoms with E-state index in [1.807, 2.05) is 10.6 Å². The molecule has 3 aliphatic heterocycles. The van der Waals surface area contributed by atoms with Crippen molar-refractivity contribution < 1.29 is 13.2 Å². The molecule has 4 heterocycles. The van der Waals surface area contributed by atoms with Gasteiger partial charge in [0.05, 0.1) is 22.7 Å². The average Bonchev–Trinajstić information content (AvgIpc) is 3.33. The Kier molecular flexibility index (Phi) is 5.47. The molecule has 10 heteroatoms. The molecule has 0 radical (unpaired) electrons. The molecule has 0 saturated heterocycles. The van der Waals surface area contributed by atoms with Gasteiger partial charge in [-0.25, -0.2) is 9.97 Å². The van der Waals surface area contributed by atoms with E-state index in [2.05, 4.69) is 26.3 Å². The van der Waals surface area contributed by atoms with Crippen LogP contribution < -0.4 is 10.8 Å². The van der Waals surface area contributed by atoms with Crippen LogP contribution >= 0.6 is 0 Å². The van der Waals surface area contributed by atoms with Gasteiger partial charge >= 0.3 is 6.18 Å². The molecule has 5 rings (SSSR count). The van der Waals surface area contributed by atoms with Crippen LogP contribution in [0.4, 0.5) is 19.0 Å². The number of nitrogens with one attached hydrogen (secondary N) is 1. The van der Waals surface area contributed by atoms with Crippen molar-refractivity contribution in [3.8, 4) is 28.6 Å². The lowest BCUT2D eigenvalue weighted by molar-refractivity contribution is -0.137. The second kappa shape index (κ2) is 8.51.